The molecule has 0 bridgehead atoms. The second-order valence-corrected chi connectivity index (χ2v) is 5.05. The van der Waals surface area contributed by atoms with Gasteiger partial charge in [0.05, 0.1) is 7.11 Å². The third-order valence-electron chi connectivity index (χ3n) is 1.55. The zero-order valence-corrected chi connectivity index (χ0v) is 10.9. The second-order valence-electron chi connectivity index (χ2n) is 3.03. The van der Waals surface area contributed by atoms with E-state index < -0.39 is 0 Å². The number of methoxy groups -OCH3 is 1. The fourth-order valence-electron chi connectivity index (χ4n) is 1.02. The van der Waals surface area contributed by atoms with Gasteiger partial charge in [0.15, 0.2) is 0 Å². The molecule has 0 amide bonds. The van der Waals surface area contributed by atoms with Crippen LogP contribution < -0.4 is 10.0 Å². The van der Waals surface area contributed by atoms with Crippen molar-refractivity contribution in [1.82, 2.24) is 0 Å². The molecule has 0 aliphatic heterocycles. The molecule has 1 unspecified atom stereocenters. The van der Waals surface area contributed by atoms with Crippen LogP contribution in [0.15, 0.2) is 24.3 Å². The molecular formula is C10H16BrOP. The van der Waals surface area contributed by atoms with Crippen LogP contribution in [0.25, 0.3) is 0 Å². The van der Waals surface area contributed by atoms with Crippen molar-refractivity contribution in [1.29, 1.82) is 0 Å². The Hall–Kier alpha value is -0.0700. The van der Waals surface area contributed by atoms with Gasteiger partial charge in [-0.05, 0) is 23.1 Å². The number of ether oxygens (including phenoxy) is 1. The predicted molar refractivity (Wildman–Crippen MR) is 66.4 cm³/mol. The lowest BCUT2D eigenvalue weighted by Gasteiger charge is -2.05. The lowest BCUT2D eigenvalue weighted by molar-refractivity contribution is 0.415. The Kier molecular flexibility index (Phi) is 6.36. The summed E-state index contributed by atoms with van der Waals surface area (Å²) in [7, 11) is 2.60. The van der Waals surface area contributed by atoms with Gasteiger partial charge in [-0.15, -0.1) is 17.0 Å². The molecule has 1 aromatic carbocycles. The molecule has 0 radical (unpaired) electrons. The molecule has 13 heavy (non-hydrogen) atoms. The maximum Gasteiger partial charge on any atom is 0.118 e. The first-order chi connectivity index (χ1) is 5.72. The van der Waals surface area contributed by atoms with Gasteiger partial charge < -0.3 is 4.74 Å². The van der Waals surface area contributed by atoms with Gasteiger partial charge >= 0.3 is 0 Å². The van der Waals surface area contributed by atoms with Crippen molar-refractivity contribution in [2.45, 2.75) is 19.5 Å². The van der Waals surface area contributed by atoms with Crippen molar-refractivity contribution < 1.29 is 4.74 Å². The maximum absolute atomic E-state index is 5.08. The zero-order valence-electron chi connectivity index (χ0n) is 8.20. The Balaban J connectivity index is 0.00000144. The molecule has 0 saturated carbocycles. The van der Waals surface area contributed by atoms with Gasteiger partial charge in [-0.3, -0.25) is 0 Å². The van der Waals surface area contributed by atoms with Crippen LogP contribution in [0.4, 0.5) is 0 Å². The molecule has 1 aromatic rings. The van der Waals surface area contributed by atoms with Crippen LogP contribution in [0.2, 0.25) is 0 Å². The molecule has 0 aliphatic rings. The molecule has 0 spiro atoms. The monoisotopic (exact) mass is 262 g/mol. The van der Waals surface area contributed by atoms with E-state index in [0.717, 1.165) is 20.0 Å². The smallest absolute Gasteiger partial charge is 0.118 e. The Labute approximate surface area is 92.4 Å². The number of hydrogen-bond donors (Lipinski definition) is 0. The van der Waals surface area contributed by atoms with Gasteiger partial charge in [-0.1, -0.05) is 34.6 Å². The van der Waals surface area contributed by atoms with E-state index >= 15 is 0 Å². The summed E-state index contributed by atoms with van der Waals surface area (Å²) in [5.41, 5.74) is 0.749. The summed E-state index contributed by atoms with van der Waals surface area (Å²) >= 11 is 0. The van der Waals surface area contributed by atoms with Crippen molar-refractivity contribution in [3.63, 3.8) is 0 Å². The van der Waals surface area contributed by atoms with Crippen molar-refractivity contribution in [2.75, 3.05) is 7.11 Å². The van der Waals surface area contributed by atoms with Crippen LogP contribution in [0.5, 0.6) is 5.75 Å². The van der Waals surface area contributed by atoms with Gasteiger partial charge in [-0.25, -0.2) is 0 Å². The van der Waals surface area contributed by atoms with Crippen LogP contribution in [0.3, 0.4) is 0 Å². The molecule has 0 aromatic heterocycles. The van der Waals surface area contributed by atoms with E-state index in [0.29, 0.717) is 0 Å². The molecule has 0 fully saturated rings. The van der Waals surface area contributed by atoms with Crippen LogP contribution in [0.1, 0.15) is 13.8 Å². The first-order valence-corrected chi connectivity index (χ1v) is 5.20. The van der Waals surface area contributed by atoms with Crippen LogP contribution in [-0.2, 0) is 0 Å². The predicted octanol–water partition coefficient (Wildman–Crippen LogP) is 2.99. The van der Waals surface area contributed by atoms with E-state index in [9.17, 15) is 0 Å². The molecule has 3 heteroatoms. The molecule has 0 heterocycles. The minimum Gasteiger partial charge on any atom is -0.497 e. The molecular weight excluding hydrogens is 247 g/mol. The second kappa shape index (κ2) is 6.39. The standard InChI is InChI=1S/C10H15OP.BrH/c1-8(2)12-10-6-4-9(11-3)5-7-10;/h4-8,12H,1-3H3;1H. The van der Waals surface area contributed by atoms with Crippen LogP contribution in [0, 0.1) is 0 Å². The summed E-state index contributed by atoms with van der Waals surface area (Å²) in [5, 5.41) is 1.41. The highest BCUT2D eigenvalue weighted by molar-refractivity contribution is 8.93. The highest BCUT2D eigenvalue weighted by Crippen LogP contribution is 2.18. The Morgan fingerprint density at radius 1 is 1.15 bits per heavy atom. The zero-order chi connectivity index (χ0) is 8.97. The largest absolute Gasteiger partial charge is 0.497 e. The highest BCUT2D eigenvalue weighted by atomic mass is 79.9. The number of hydrogen-bond acceptors (Lipinski definition) is 1. The maximum atomic E-state index is 5.08. The third kappa shape index (κ3) is 4.64. The highest BCUT2D eigenvalue weighted by Gasteiger charge is 1.96. The average Bonchev–Trinajstić information content (AvgIpc) is 2.05. The van der Waals surface area contributed by atoms with Crippen molar-refractivity contribution >= 4 is 30.9 Å². The summed E-state index contributed by atoms with van der Waals surface area (Å²) < 4.78 is 5.08. The topological polar surface area (TPSA) is 9.23 Å². The Morgan fingerprint density at radius 2 is 1.69 bits per heavy atom. The molecule has 0 saturated heterocycles. The summed E-state index contributed by atoms with van der Waals surface area (Å²) in [6.07, 6.45) is 0. The number of halogens is 1. The van der Waals surface area contributed by atoms with E-state index in [4.69, 9.17) is 4.74 Å². The van der Waals surface area contributed by atoms with E-state index in [2.05, 4.69) is 26.0 Å². The lowest BCUT2D eigenvalue weighted by Crippen LogP contribution is -1.98. The molecule has 1 rings (SSSR count). The molecule has 0 N–H and O–H groups in total. The molecule has 1 nitrogen and oxygen atoms in total. The fourth-order valence-corrected chi connectivity index (χ4v) is 2.05. The van der Waals surface area contributed by atoms with E-state index in [-0.39, 0.29) is 17.0 Å². The van der Waals surface area contributed by atoms with Gasteiger partial charge in [0.2, 0.25) is 0 Å². The first-order valence-electron chi connectivity index (χ1n) is 4.13. The number of benzene rings is 1. The lowest BCUT2D eigenvalue weighted by atomic mass is 10.3. The van der Waals surface area contributed by atoms with Gasteiger partial charge in [0, 0.05) is 0 Å². The molecule has 1 atom stereocenters. The minimum atomic E-state index is 0. The summed E-state index contributed by atoms with van der Waals surface area (Å²) in [6.45, 7) is 4.48. The van der Waals surface area contributed by atoms with Crippen molar-refractivity contribution in [3.05, 3.63) is 24.3 Å². The van der Waals surface area contributed by atoms with E-state index in [1.54, 1.807) is 7.11 Å². The Bertz CT molecular complexity index is 233. The fraction of sp³-hybridized carbons (Fsp3) is 0.400. The SMILES string of the molecule is Br.COc1ccc(PC(C)C)cc1. The van der Waals surface area contributed by atoms with Crippen molar-refractivity contribution in [2.24, 2.45) is 0 Å². The van der Waals surface area contributed by atoms with Gasteiger partial charge in [-0.2, -0.15) is 0 Å². The van der Waals surface area contributed by atoms with Crippen LogP contribution in [-0.4, -0.2) is 12.8 Å². The Morgan fingerprint density at radius 3 is 2.08 bits per heavy atom. The van der Waals surface area contributed by atoms with E-state index in [1.165, 1.54) is 5.30 Å². The van der Waals surface area contributed by atoms with Gasteiger partial charge in [0.25, 0.3) is 0 Å². The van der Waals surface area contributed by atoms with Crippen molar-refractivity contribution in [3.8, 4) is 5.75 Å². The number of rotatable bonds is 3. The molecule has 0 aliphatic carbocycles. The van der Waals surface area contributed by atoms with Gasteiger partial charge in [0.1, 0.15) is 5.75 Å². The molecule has 74 valence electrons. The normalized spacial score (nSPS) is 10.5. The summed E-state index contributed by atoms with van der Waals surface area (Å²) in [4.78, 5) is 0. The minimum absolute atomic E-state index is 0. The summed E-state index contributed by atoms with van der Waals surface area (Å²) in [6, 6.07) is 8.31. The first kappa shape index (κ1) is 12.9. The summed E-state index contributed by atoms with van der Waals surface area (Å²) in [5.74, 6) is 0.937. The van der Waals surface area contributed by atoms with E-state index in [1.807, 2.05) is 12.1 Å². The quantitative estimate of drug-likeness (QED) is 0.762. The average molecular weight is 263 g/mol. The third-order valence-corrected chi connectivity index (χ3v) is 2.79. The van der Waals surface area contributed by atoms with Crippen LogP contribution >= 0.6 is 25.6 Å².